The molecule has 0 amide bonds. The molecule has 0 bridgehead atoms. The maximum absolute atomic E-state index is 13.6. The number of unbranched alkanes of at least 4 members (excludes halogenated alkanes) is 12. The molecule has 0 aliphatic rings. The quantitative estimate of drug-likeness (QED) is 0.0609. The van der Waals surface area contributed by atoms with E-state index in [4.69, 9.17) is 10.2 Å². The van der Waals surface area contributed by atoms with E-state index < -0.39 is 23.6 Å². The molecule has 0 atom stereocenters. The number of halogens is 6. The molecule has 0 aliphatic carbocycles. The molecule has 4 rings (SSSR count). The van der Waals surface area contributed by atoms with Crippen molar-refractivity contribution in [3.63, 3.8) is 0 Å². The van der Waals surface area contributed by atoms with Gasteiger partial charge in [0.1, 0.15) is 23.3 Å². The minimum absolute atomic E-state index is 0.178. The van der Waals surface area contributed by atoms with E-state index >= 15 is 0 Å². The predicted octanol–water partition coefficient (Wildman–Crippen LogP) is 13.9. The summed E-state index contributed by atoms with van der Waals surface area (Å²) >= 11 is 6.36. The highest BCUT2D eigenvalue weighted by molar-refractivity contribution is 9.10. The molecule has 0 spiro atoms. The van der Waals surface area contributed by atoms with Crippen molar-refractivity contribution < 1.29 is 37.4 Å². The Hall–Kier alpha value is -3.50. The van der Waals surface area contributed by atoms with Gasteiger partial charge in [-0.3, -0.25) is 0 Å². The number of hydrogen-bond acceptors (Lipinski definition) is 2. The van der Waals surface area contributed by atoms with Crippen molar-refractivity contribution in [1.29, 1.82) is 0 Å². The molecule has 4 nitrogen and oxygen atoms in total. The zero-order chi connectivity index (χ0) is 39.3. The Kier molecular flexibility index (Phi) is 20.6. The van der Waals surface area contributed by atoms with Gasteiger partial charge in [-0.25, -0.2) is 27.2 Å². The van der Waals surface area contributed by atoms with Crippen LogP contribution in [0.3, 0.4) is 0 Å². The van der Waals surface area contributed by atoms with Crippen LogP contribution in [0.5, 0.6) is 0 Å². The molecule has 2 N–H and O–H groups in total. The number of carbonyl (C=O) groups is 2. The summed E-state index contributed by atoms with van der Waals surface area (Å²) in [6.07, 6.45) is 18.8. The Labute approximate surface area is 333 Å². The van der Waals surface area contributed by atoms with E-state index in [0.29, 0.717) is 8.95 Å². The number of rotatable bonds is 22. The van der Waals surface area contributed by atoms with Crippen molar-refractivity contribution in [2.45, 2.75) is 116 Å². The van der Waals surface area contributed by atoms with Crippen LogP contribution in [0.15, 0.2) is 81.7 Å². The summed E-state index contributed by atoms with van der Waals surface area (Å²) in [7, 11) is 0. The molecular weight excluding hydrogens is 828 g/mol. The van der Waals surface area contributed by atoms with Gasteiger partial charge in [0.05, 0.1) is 20.1 Å². The molecule has 0 aliphatic heterocycles. The second kappa shape index (κ2) is 24.8. The topological polar surface area (TPSA) is 74.6 Å². The number of carboxylic acids is 2. The Morgan fingerprint density at radius 3 is 0.870 bits per heavy atom. The van der Waals surface area contributed by atoms with Crippen LogP contribution in [-0.2, 0) is 25.7 Å². The fourth-order valence-electron chi connectivity index (χ4n) is 6.25. The van der Waals surface area contributed by atoms with E-state index in [1.165, 1.54) is 56.4 Å². The van der Waals surface area contributed by atoms with E-state index in [-0.39, 0.29) is 22.8 Å². The van der Waals surface area contributed by atoms with Crippen LogP contribution in [0, 0.1) is 23.3 Å². The molecule has 0 aromatic heterocycles. The third-order valence-electron chi connectivity index (χ3n) is 9.36. The third-order valence-corrected chi connectivity index (χ3v) is 10.6. The molecule has 0 heterocycles. The molecule has 0 saturated carbocycles. The molecule has 0 fully saturated rings. The first kappa shape index (κ1) is 44.9. The minimum atomic E-state index is -1.25. The lowest BCUT2D eigenvalue weighted by Gasteiger charge is -2.05. The number of benzene rings is 4. The van der Waals surface area contributed by atoms with Gasteiger partial charge >= 0.3 is 11.9 Å². The lowest BCUT2D eigenvalue weighted by atomic mass is 10.0. The van der Waals surface area contributed by atoms with E-state index in [1.54, 1.807) is 36.4 Å². The highest BCUT2D eigenvalue weighted by atomic mass is 79.9. The van der Waals surface area contributed by atoms with Gasteiger partial charge in [-0.05, 0) is 154 Å². The van der Waals surface area contributed by atoms with Gasteiger partial charge in [-0.1, -0.05) is 88.5 Å². The summed E-state index contributed by atoms with van der Waals surface area (Å²) in [5, 5.41) is 17.6. The fourth-order valence-corrected chi connectivity index (χ4v) is 6.74. The molecule has 10 heteroatoms. The zero-order valence-electron chi connectivity index (χ0n) is 30.6. The standard InChI is InChI=1S/C23H26F2O4.C21H24Br2F2/c24-20-14-16(10-12-18(20)22(26)27)8-6-4-2-1-3-5-7-9-17-11-13-19(23(28)29)21(25)15-17;22-18-12-10-16(14-20(18)24)8-6-4-2-1-3-5-7-9-17-11-13-19(23)21(25)15-17/h10-15H,1-9H2,(H,26,27)(H,28,29);10-15H,1-9H2. The van der Waals surface area contributed by atoms with Gasteiger partial charge in [0.15, 0.2) is 0 Å². The summed E-state index contributed by atoms with van der Waals surface area (Å²) in [5.41, 5.74) is 3.18. The van der Waals surface area contributed by atoms with Crippen molar-refractivity contribution in [2.75, 3.05) is 0 Å². The van der Waals surface area contributed by atoms with Crippen molar-refractivity contribution in [3.05, 3.63) is 138 Å². The van der Waals surface area contributed by atoms with Crippen molar-refractivity contribution >= 4 is 43.8 Å². The van der Waals surface area contributed by atoms with Crippen LogP contribution in [0.25, 0.3) is 0 Å². The van der Waals surface area contributed by atoms with Crippen LogP contribution < -0.4 is 0 Å². The van der Waals surface area contributed by atoms with E-state index in [2.05, 4.69) is 31.9 Å². The maximum Gasteiger partial charge on any atom is 0.338 e. The Morgan fingerprint density at radius 2 is 0.630 bits per heavy atom. The average Bonchev–Trinajstić information content (AvgIpc) is 3.13. The summed E-state index contributed by atoms with van der Waals surface area (Å²) < 4.78 is 55.1. The Balaban J connectivity index is 0.000000294. The first-order valence-corrected chi connectivity index (χ1v) is 20.4. The van der Waals surface area contributed by atoms with Crippen molar-refractivity contribution in [3.8, 4) is 0 Å². The van der Waals surface area contributed by atoms with Crippen molar-refractivity contribution in [1.82, 2.24) is 0 Å². The zero-order valence-corrected chi connectivity index (χ0v) is 33.8. The van der Waals surface area contributed by atoms with E-state index in [0.717, 1.165) is 106 Å². The molecule has 4 aromatic carbocycles. The van der Waals surface area contributed by atoms with Gasteiger partial charge in [0.25, 0.3) is 0 Å². The SMILES string of the molecule is Fc1cc(CCCCCCCCCc2ccc(Br)c(F)c2)ccc1Br.O=C(O)c1ccc(CCCCCCCCCc2ccc(C(=O)O)c(F)c2)cc1F. The summed E-state index contributed by atoms with van der Waals surface area (Å²) in [4.78, 5) is 21.6. The lowest BCUT2D eigenvalue weighted by molar-refractivity contribution is 0.0680. The van der Waals surface area contributed by atoms with Crippen LogP contribution in [0.4, 0.5) is 17.6 Å². The Bertz CT molecular complexity index is 1650. The van der Waals surface area contributed by atoms with Gasteiger partial charge in [-0.2, -0.15) is 0 Å². The molecular formula is C44H50Br2F4O4. The molecule has 0 unspecified atom stereocenters. The monoisotopic (exact) mass is 876 g/mol. The smallest absolute Gasteiger partial charge is 0.338 e. The number of carboxylic acid groups (broad SMARTS) is 2. The Morgan fingerprint density at radius 1 is 0.389 bits per heavy atom. The summed E-state index contributed by atoms with van der Waals surface area (Å²) in [5.74, 6) is -4.24. The molecule has 4 aromatic rings. The highest BCUT2D eigenvalue weighted by Crippen LogP contribution is 2.21. The maximum atomic E-state index is 13.6. The molecule has 292 valence electrons. The minimum Gasteiger partial charge on any atom is -0.478 e. The number of hydrogen-bond donors (Lipinski definition) is 2. The molecule has 54 heavy (non-hydrogen) atoms. The first-order chi connectivity index (χ1) is 25.9. The number of aryl methyl sites for hydroxylation is 4. The second-order valence-corrected chi connectivity index (χ2v) is 15.4. The van der Waals surface area contributed by atoms with Crippen LogP contribution in [-0.4, -0.2) is 22.2 Å². The second-order valence-electron chi connectivity index (χ2n) is 13.7. The van der Waals surface area contributed by atoms with E-state index in [9.17, 15) is 27.2 Å². The van der Waals surface area contributed by atoms with Crippen LogP contribution >= 0.6 is 31.9 Å². The third kappa shape index (κ3) is 16.9. The summed E-state index contributed by atoms with van der Waals surface area (Å²) in [6.45, 7) is 0. The predicted molar refractivity (Wildman–Crippen MR) is 214 cm³/mol. The normalized spacial score (nSPS) is 10.9. The van der Waals surface area contributed by atoms with Gasteiger partial charge in [0.2, 0.25) is 0 Å². The average molecular weight is 879 g/mol. The van der Waals surface area contributed by atoms with Gasteiger partial charge < -0.3 is 10.2 Å². The summed E-state index contributed by atoms with van der Waals surface area (Å²) in [6, 6.07) is 19.3. The van der Waals surface area contributed by atoms with Gasteiger partial charge in [-0.15, -0.1) is 0 Å². The largest absolute Gasteiger partial charge is 0.478 e. The van der Waals surface area contributed by atoms with Crippen LogP contribution in [0.1, 0.15) is 133 Å². The molecule has 0 saturated heterocycles. The lowest BCUT2D eigenvalue weighted by Crippen LogP contribution is -2.01. The molecule has 0 radical (unpaired) electrons. The van der Waals surface area contributed by atoms with Gasteiger partial charge in [0, 0.05) is 0 Å². The van der Waals surface area contributed by atoms with Crippen LogP contribution in [0.2, 0.25) is 0 Å². The fraction of sp³-hybridized carbons (Fsp3) is 0.409. The first-order valence-electron chi connectivity index (χ1n) is 18.9. The van der Waals surface area contributed by atoms with Crippen molar-refractivity contribution in [2.24, 2.45) is 0 Å². The number of aromatic carboxylic acids is 2. The van der Waals surface area contributed by atoms with E-state index in [1.807, 2.05) is 12.1 Å². The highest BCUT2D eigenvalue weighted by Gasteiger charge is 2.11.